The van der Waals surface area contributed by atoms with Gasteiger partial charge >= 0.3 is 5.97 Å². The van der Waals surface area contributed by atoms with E-state index in [1.54, 1.807) is 31.2 Å². The van der Waals surface area contributed by atoms with E-state index in [0.717, 1.165) is 0 Å². The van der Waals surface area contributed by atoms with Crippen molar-refractivity contribution in [1.82, 2.24) is 0 Å². The van der Waals surface area contributed by atoms with Crippen LogP contribution in [-0.2, 0) is 14.3 Å². The highest BCUT2D eigenvalue weighted by molar-refractivity contribution is 5.72. The van der Waals surface area contributed by atoms with E-state index in [1.807, 2.05) is 0 Å². The summed E-state index contributed by atoms with van der Waals surface area (Å²) in [5.74, 6) is 0.0798. The first-order valence-corrected chi connectivity index (χ1v) is 4.85. The van der Waals surface area contributed by atoms with E-state index < -0.39 is 5.97 Å². The molecule has 1 rings (SSSR count). The molecule has 5 heteroatoms. The van der Waals surface area contributed by atoms with E-state index in [9.17, 15) is 9.59 Å². The number of amides is 1. The van der Waals surface area contributed by atoms with Gasteiger partial charge in [0.25, 0.3) is 0 Å². The van der Waals surface area contributed by atoms with Crippen molar-refractivity contribution in [2.24, 2.45) is 0 Å². The van der Waals surface area contributed by atoms with Crippen molar-refractivity contribution in [1.29, 1.82) is 0 Å². The number of hydrogen-bond donors (Lipinski definition) is 1. The Bertz CT molecular complexity index is 365. The van der Waals surface area contributed by atoms with Gasteiger partial charge in [-0.3, -0.25) is 4.79 Å². The molecule has 0 saturated heterocycles. The molecule has 0 atom stereocenters. The Balaban J connectivity index is 2.50. The molecule has 1 N–H and O–H groups in total. The van der Waals surface area contributed by atoms with Gasteiger partial charge in [-0.15, -0.1) is 0 Å². The molecular formula is C11H13NO4. The third-order valence-electron chi connectivity index (χ3n) is 1.72. The normalized spacial score (nSPS) is 9.31. The molecule has 0 aliphatic carbocycles. The fourth-order valence-electron chi connectivity index (χ4n) is 1.09. The number of nitrogens with one attached hydrogen (secondary N) is 1. The lowest BCUT2D eigenvalue weighted by Gasteiger charge is -2.06. The van der Waals surface area contributed by atoms with Gasteiger partial charge in [0, 0.05) is 11.8 Å². The zero-order valence-electron chi connectivity index (χ0n) is 8.93. The van der Waals surface area contributed by atoms with Gasteiger partial charge in [0.05, 0.1) is 6.61 Å². The first-order chi connectivity index (χ1) is 7.76. The quantitative estimate of drug-likeness (QED) is 0.581. The molecule has 1 amide bonds. The minimum Gasteiger partial charge on any atom is -0.482 e. The fraction of sp³-hybridized carbons (Fsp3) is 0.273. The lowest BCUT2D eigenvalue weighted by atomic mass is 10.3. The Morgan fingerprint density at radius 2 is 2.31 bits per heavy atom. The largest absolute Gasteiger partial charge is 0.482 e. The van der Waals surface area contributed by atoms with Gasteiger partial charge in [-0.25, -0.2) is 4.79 Å². The number of benzene rings is 1. The number of esters is 1. The topological polar surface area (TPSA) is 64.6 Å². The molecule has 5 nitrogen and oxygen atoms in total. The molecule has 0 saturated carbocycles. The summed E-state index contributed by atoms with van der Waals surface area (Å²) in [7, 11) is 0. The Kier molecular flexibility index (Phi) is 4.85. The molecule has 1 aromatic rings. The molecule has 1 aromatic carbocycles. The molecule has 0 radical (unpaired) electrons. The monoisotopic (exact) mass is 223 g/mol. The number of carbonyl (C=O) groups excluding carboxylic acids is 2. The van der Waals surface area contributed by atoms with Crippen LogP contribution in [0.2, 0.25) is 0 Å². The van der Waals surface area contributed by atoms with E-state index in [4.69, 9.17) is 9.47 Å². The molecule has 0 bridgehead atoms. The second kappa shape index (κ2) is 6.44. The van der Waals surface area contributed by atoms with Gasteiger partial charge in [-0.2, -0.15) is 0 Å². The number of hydrogen-bond acceptors (Lipinski definition) is 4. The second-order valence-electron chi connectivity index (χ2n) is 2.88. The van der Waals surface area contributed by atoms with E-state index in [2.05, 4.69) is 5.32 Å². The lowest BCUT2D eigenvalue weighted by molar-refractivity contribution is -0.145. The van der Waals surface area contributed by atoms with E-state index in [1.165, 1.54) is 0 Å². The Morgan fingerprint density at radius 1 is 1.50 bits per heavy atom. The summed E-state index contributed by atoms with van der Waals surface area (Å²) < 4.78 is 9.88. The van der Waals surface area contributed by atoms with Crippen LogP contribution >= 0.6 is 0 Å². The van der Waals surface area contributed by atoms with Crippen LogP contribution < -0.4 is 10.1 Å². The van der Waals surface area contributed by atoms with Gasteiger partial charge < -0.3 is 14.8 Å². The summed E-state index contributed by atoms with van der Waals surface area (Å²) in [5.41, 5.74) is 0.608. The van der Waals surface area contributed by atoms with Crippen LogP contribution in [0, 0.1) is 0 Å². The third kappa shape index (κ3) is 4.00. The summed E-state index contributed by atoms with van der Waals surface area (Å²) in [6.07, 6.45) is 0.574. The molecule has 0 unspecified atom stereocenters. The van der Waals surface area contributed by atoms with Gasteiger partial charge in [0.15, 0.2) is 6.61 Å². The molecule has 0 spiro atoms. The molecule has 0 aliphatic heterocycles. The fourth-order valence-corrected chi connectivity index (χ4v) is 1.09. The highest BCUT2D eigenvalue weighted by Crippen LogP contribution is 2.16. The van der Waals surface area contributed by atoms with E-state index >= 15 is 0 Å². The zero-order chi connectivity index (χ0) is 11.8. The van der Waals surface area contributed by atoms with Crippen LogP contribution in [0.5, 0.6) is 5.75 Å². The van der Waals surface area contributed by atoms with E-state index in [0.29, 0.717) is 24.5 Å². The first kappa shape index (κ1) is 12.0. The third-order valence-corrected chi connectivity index (χ3v) is 1.72. The van der Waals surface area contributed by atoms with E-state index in [-0.39, 0.29) is 6.61 Å². The van der Waals surface area contributed by atoms with Crippen molar-refractivity contribution < 1.29 is 19.1 Å². The van der Waals surface area contributed by atoms with Crippen molar-refractivity contribution in [3.8, 4) is 5.75 Å². The number of ether oxygens (including phenoxy) is 2. The average molecular weight is 223 g/mol. The summed E-state index contributed by atoms with van der Waals surface area (Å²) in [4.78, 5) is 21.2. The number of anilines is 1. The van der Waals surface area contributed by atoms with Crippen LogP contribution in [0.4, 0.5) is 5.69 Å². The maximum absolute atomic E-state index is 11.0. The predicted octanol–water partition coefficient (Wildman–Crippen LogP) is 1.20. The van der Waals surface area contributed by atoms with Crippen LogP contribution in [-0.4, -0.2) is 25.6 Å². The Morgan fingerprint density at radius 3 is 3.00 bits per heavy atom. The maximum atomic E-state index is 11.0. The van der Waals surface area contributed by atoms with Gasteiger partial charge in [0.1, 0.15) is 5.75 Å². The summed E-state index contributed by atoms with van der Waals surface area (Å²) in [6, 6.07) is 6.74. The Hall–Kier alpha value is -2.04. The minimum absolute atomic E-state index is 0.140. The maximum Gasteiger partial charge on any atom is 0.344 e. The average Bonchev–Trinajstić information content (AvgIpc) is 2.28. The van der Waals surface area contributed by atoms with Crippen LogP contribution in [0.25, 0.3) is 0 Å². The molecule has 16 heavy (non-hydrogen) atoms. The van der Waals surface area contributed by atoms with Gasteiger partial charge in [-0.1, -0.05) is 6.07 Å². The molecule has 0 aromatic heterocycles. The summed E-state index contributed by atoms with van der Waals surface area (Å²) >= 11 is 0. The standard InChI is InChI=1S/C11H13NO4/c1-2-15-11(14)7-16-10-5-3-4-9(6-10)12-8-13/h3-6,8H,2,7H2,1H3,(H,12,13). The van der Waals surface area contributed by atoms with Crippen LogP contribution in [0.1, 0.15) is 6.92 Å². The summed E-state index contributed by atoms with van der Waals surface area (Å²) in [5, 5.41) is 2.48. The highest BCUT2D eigenvalue weighted by Gasteiger charge is 2.03. The first-order valence-electron chi connectivity index (χ1n) is 4.85. The molecule has 0 aliphatic rings. The molecule has 86 valence electrons. The second-order valence-corrected chi connectivity index (χ2v) is 2.88. The van der Waals surface area contributed by atoms with Crippen molar-refractivity contribution >= 4 is 18.1 Å². The number of rotatable bonds is 6. The van der Waals surface area contributed by atoms with Gasteiger partial charge in [-0.05, 0) is 19.1 Å². The number of carbonyl (C=O) groups is 2. The molecule has 0 fully saturated rings. The van der Waals surface area contributed by atoms with Crippen molar-refractivity contribution in [2.45, 2.75) is 6.92 Å². The smallest absolute Gasteiger partial charge is 0.344 e. The predicted molar refractivity (Wildman–Crippen MR) is 58.3 cm³/mol. The van der Waals surface area contributed by atoms with Crippen molar-refractivity contribution in [3.05, 3.63) is 24.3 Å². The Labute approximate surface area is 93.4 Å². The van der Waals surface area contributed by atoms with Crippen molar-refractivity contribution in [3.63, 3.8) is 0 Å². The molecule has 0 heterocycles. The van der Waals surface area contributed by atoms with Crippen LogP contribution in [0.15, 0.2) is 24.3 Å². The zero-order valence-corrected chi connectivity index (χ0v) is 8.93. The van der Waals surface area contributed by atoms with Gasteiger partial charge in [0.2, 0.25) is 6.41 Å². The minimum atomic E-state index is -0.420. The van der Waals surface area contributed by atoms with Crippen molar-refractivity contribution in [2.75, 3.05) is 18.5 Å². The summed E-state index contributed by atoms with van der Waals surface area (Å²) in [6.45, 7) is 1.92. The molecular weight excluding hydrogens is 210 g/mol. The van der Waals surface area contributed by atoms with Crippen LogP contribution in [0.3, 0.4) is 0 Å². The SMILES string of the molecule is CCOC(=O)COc1cccc(NC=O)c1. The highest BCUT2D eigenvalue weighted by atomic mass is 16.6. The lowest BCUT2D eigenvalue weighted by Crippen LogP contribution is -2.14.